The molecule has 0 aromatic heterocycles. The number of nitrogens with one attached hydrogen (secondary N) is 2. The van der Waals surface area contributed by atoms with Crippen LogP contribution >= 0.6 is 0 Å². The van der Waals surface area contributed by atoms with E-state index in [1.54, 1.807) is 42.5 Å². The van der Waals surface area contributed by atoms with Gasteiger partial charge < -0.3 is 5.32 Å². The van der Waals surface area contributed by atoms with Gasteiger partial charge >= 0.3 is 0 Å². The molecule has 1 amide bonds. The van der Waals surface area contributed by atoms with Crippen LogP contribution in [0.3, 0.4) is 0 Å². The Morgan fingerprint density at radius 2 is 1.56 bits per heavy atom. The van der Waals surface area contributed by atoms with Crippen molar-refractivity contribution in [1.82, 2.24) is 4.72 Å². The lowest BCUT2D eigenvalue weighted by Crippen LogP contribution is -2.44. The number of rotatable bonds is 8. The van der Waals surface area contributed by atoms with E-state index in [0.717, 1.165) is 11.8 Å². The number of benzene rings is 2. The highest BCUT2D eigenvalue weighted by molar-refractivity contribution is 7.90. The number of hydrogen-bond donors (Lipinski definition) is 2. The topological polar surface area (TPSA) is 109 Å². The smallest absolute Gasteiger partial charge is 0.242 e. The lowest BCUT2D eigenvalue weighted by molar-refractivity contribution is -0.117. The highest BCUT2D eigenvalue weighted by Crippen LogP contribution is 2.13. The zero-order valence-electron chi connectivity index (χ0n) is 15.0. The fourth-order valence-corrected chi connectivity index (χ4v) is 4.21. The molecule has 0 saturated carbocycles. The van der Waals surface area contributed by atoms with Gasteiger partial charge in [0.15, 0.2) is 0 Å². The zero-order valence-corrected chi connectivity index (χ0v) is 16.7. The molecule has 0 unspecified atom stereocenters. The number of carbonyl (C=O) groups excluding carboxylic acids is 1. The van der Waals surface area contributed by atoms with Gasteiger partial charge in [0.25, 0.3) is 0 Å². The van der Waals surface area contributed by atoms with Gasteiger partial charge in [0.1, 0.15) is 15.9 Å². The first kappa shape index (κ1) is 21.1. The highest BCUT2D eigenvalue weighted by Gasteiger charge is 2.26. The van der Waals surface area contributed by atoms with Crippen LogP contribution in [0.5, 0.6) is 0 Å². The average molecular weight is 411 g/mol. The van der Waals surface area contributed by atoms with Crippen LogP contribution in [-0.4, -0.2) is 40.8 Å². The Morgan fingerprint density at radius 1 is 0.963 bits per heavy atom. The van der Waals surface area contributed by atoms with Crippen molar-refractivity contribution >= 4 is 31.5 Å². The molecule has 146 valence electrons. The van der Waals surface area contributed by atoms with Crippen molar-refractivity contribution in [3.63, 3.8) is 0 Å². The Hall–Kier alpha value is -2.23. The summed E-state index contributed by atoms with van der Waals surface area (Å²) in [4.78, 5) is 12.6. The minimum atomic E-state index is -3.98. The van der Waals surface area contributed by atoms with Gasteiger partial charge in [0.05, 0.1) is 10.6 Å². The first-order valence-corrected chi connectivity index (χ1v) is 11.7. The summed E-state index contributed by atoms with van der Waals surface area (Å²) < 4.78 is 50.3. The molecule has 0 bridgehead atoms. The minimum Gasteiger partial charge on any atom is -0.325 e. The zero-order chi connectivity index (χ0) is 20.1. The van der Waals surface area contributed by atoms with E-state index in [2.05, 4.69) is 10.0 Å². The van der Waals surface area contributed by atoms with Gasteiger partial charge in [0, 0.05) is 11.9 Å². The molecule has 0 fully saturated rings. The Labute approximate surface area is 159 Å². The summed E-state index contributed by atoms with van der Waals surface area (Å²) in [5.74, 6) is -0.946. The minimum absolute atomic E-state index is 0.00232. The normalized spacial score (nSPS) is 13.1. The van der Waals surface area contributed by atoms with E-state index in [-0.39, 0.29) is 17.1 Å². The number of aryl methyl sites for hydroxylation is 1. The first-order valence-electron chi connectivity index (χ1n) is 8.19. The Kier molecular flexibility index (Phi) is 6.74. The van der Waals surface area contributed by atoms with Crippen molar-refractivity contribution < 1.29 is 21.6 Å². The fourth-order valence-electron chi connectivity index (χ4n) is 2.30. The molecule has 0 aliphatic heterocycles. The monoisotopic (exact) mass is 410 g/mol. The van der Waals surface area contributed by atoms with Crippen LogP contribution in [0.15, 0.2) is 59.5 Å². The molecular weight excluding hydrogens is 388 g/mol. The van der Waals surface area contributed by atoms with E-state index in [1.165, 1.54) is 12.1 Å². The number of anilines is 1. The molecule has 7 nitrogen and oxygen atoms in total. The Bertz CT molecular complexity index is 986. The molecule has 0 aliphatic rings. The molecule has 0 saturated heterocycles. The summed E-state index contributed by atoms with van der Waals surface area (Å²) in [5.41, 5.74) is 1.50. The lowest BCUT2D eigenvalue weighted by Gasteiger charge is -2.18. The third kappa shape index (κ3) is 6.78. The molecule has 2 aromatic rings. The predicted octanol–water partition coefficient (Wildman–Crippen LogP) is 1.72. The number of amides is 1. The second kappa shape index (κ2) is 8.64. The molecule has 2 aromatic carbocycles. The third-order valence-electron chi connectivity index (χ3n) is 3.76. The van der Waals surface area contributed by atoms with Gasteiger partial charge in [-0.2, -0.15) is 4.72 Å². The summed E-state index contributed by atoms with van der Waals surface area (Å²) in [7, 11) is -7.34. The molecular formula is C18H22N2O5S2. The van der Waals surface area contributed by atoms with Crippen molar-refractivity contribution in [2.24, 2.45) is 0 Å². The van der Waals surface area contributed by atoms with E-state index in [1.807, 2.05) is 6.92 Å². The SMILES string of the molecule is Cc1ccc(NC(=O)[C@H](CCS(C)(=O)=O)NS(=O)(=O)c2ccccc2)cc1. The maximum Gasteiger partial charge on any atom is 0.242 e. The van der Waals surface area contributed by atoms with Crippen LogP contribution in [0.1, 0.15) is 12.0 Å². The molecule has 0 heterocycles. The molecule has 0 radical (unpaired) electrons. The van der Waals surface area contributed by atoms with E-state index in [0.29, 0.717) is 5.69 Å². The van der Waals surface area contributed by atoms with Gasteiger partial charge in [-0.05, 0) is 37.6 Å². The second-order valence-corrected chi connectivity index (χ2v) is 10.2. The Morgan fingerprint density at radius 3 is 2.11 bits per heavy atom. The van der Waals surface area contributed by atoms with Crippen molar-refractivity contribution in [3.05, 3.63) is 60.2 Å². The molecule has 2 N–H and O–H groups in total. The van der Waals surface area contributed by atoms with Crippen LogP contribution in [0.2, 0.25) is 0 Å². The fraction of sp³-hybridized carbons (Fsp3) is 0.278. The summed E-state index contributed by atoms with van der Waals surface area (Å²) in [5, 5.41) is 2.62. The molecule has 27 heavy (non-hydrogen) atoms. The van der Waals surface area contributed by atoms with Crippen molar-refractivity contribution in [2.45, 2.75) is 24.3 Å². The van der Waals surface area contributed by atoms with E-state index in [9.17, 15) is 21.6 Å². The van der Waals surface area contributed by atoms with Gasteiger partial charge in [-0.15, -0.1) is 0 Å². The van der Waals surface area contributed by atoms with Gasteiger partial charge in [-0.1, -0.05) is 35.9 Å². The molecule has 0 spiro atoms. The first-order chi connectivity index (χ1) is 12.6. The molecule has 0 aliphatic carbocycles. The third-order valence-corrected chi connectivity index (χ3v) is 6.23. The van der Waals surface area contributed by atoms with Crippen LogP contribution in [0.4, 0.5) is 5.69 Å². The Balaban J connectivity index is 2.22. The van der Waals surface area contributed by atoms with Crippen molar-refractivity contribution in [2.75, 3.05) is 17.3 Å². The summed E-state index contributed by atoms with van der Waals surface area (Å²) in [6, 6.07) is 13.3. The van der Waals surface area contributed by atoms with E-state index >= 15 is 0 Å². The summed E-state index contributed by atoms with van der Waals surface area (Å²) in [6.07, 6.45) is 0.857. The van der Waals surface area contributed by atoms with Crippen molar-refractivity contribution in [1.29, 1.82) is 0 Å². The van der Waals surface area contributed by atoms with Crippen LogP contribution < -0.4 is 10.0 Å². The van der Waals surface area contributed by atoms with Gasteiger partial charge in [0.2, 0.25) is 15.9 Å². The molecule has 9 heteroatoms. The summed E-state index contributed by atoms with van der Waals surface area (Å²) in [6.45, 7) is 1.90. The maximum absolute atomic E-state index is 12.6. The van der Waals surface area contributed by atoms with E-state index in [4.69, 9.17) is 0 Å². The molecule has 1 atom stereocenters. The molecule has 2 rings (SSSR count). The van der Waals surface area contributed by atoms with Crippen LogP contribution in [0, 0.1) is 6.92 Å². The summed E-state index contributed by atoms with van der Waals surface area (Å²) >= 11 is 0. The average Bonchev–Trinajstić information content (AvgIpc) is 2.60. The lowest BCUT2D eigenvalue weighted by atomic mass is 10.2. The van der Waals surface area contributed by atoms with Crippen LogP contribution in [0.25, 0.3) is 0 Å². The second-order valence-electron chi connectivity index (χ2n) is 6.26. The standard InChI is InChI=1S/C18H22N2O5S2/c1-14-8-10-15(11-9-14)19-18(21)17(12-13-26(2,22)23)20-27(24,25)16-6-4-3-5-7-16/h3-11,17,20H,12-13H2,1-2H3,(H,19,21)/t17-/m0/s1. The van der Waals surface area contributed by atoms with Gasteiger partial charge in [-0.3, -0.25) is 4.79 Å². The number of hydrogen-bond acceptors (Lipinski definition) is 5. The van der Waals surface area contributed by atoms with Gasteiger partial charge in [-0.25, -0.2) is 16.8 Å². The van der Waals surface area contributed by atoms with Crippen molar-refractivity contribution in [3.8, 4) is 0 Å². The van der Waals surface area contributed by atoms with E-state index < -0.39 is 31.8 Å². The largest absolute Gasteiger partial charge is 0.325 e. The predicted molar refractivity (Wildman–Crippen MR) is 105 cm³/mol. The maximum atomic E-state index is 12.6. The van der Waals surface area contributed by atoms with Crippen LogP contribution in [-0.2, 0) is 24.7 Å². The quantitative estimate of drug-likeness (QED) is 0.689. The highest BCUT2D eigenvalue weighted by atomic mass is 32.2. The number of sulfone groups is 1. The number of sulfonamides is 1. The number of carbonyl (C=O) groups is 1.